The van der Waals surface area contributed by atoms with Gasteiger partial charge in [-0.1, -0.05) is 41.7 Å². The van der Waals surface area contributed by atoms with Crippen LogP contribution in [0.15, 0.2) is 30.3 Å². The number of rotatable bonds is 4. The molecule has 7 rings (SSSR count). The second-order valence-corrected chi connectivity index (χ2v) is 11.1. The van der Waals surface area contributed by atoms with E-state index in [1.165, 1.54) is 30.6 Å². The highest BCUT2D eigenvalue weighted by atomic mass is 32.1. The zero-order valence-corrected chi connectivity index (χ0v) is 18.4. The quantitative estimate of drug-likeness (QED) is 0.773. The van der Waals surface area contributed by atoms with E-state index in [4.69, 9.17) is 0 Å². The number of anilines is 1. The van der Waals surface area contributed by atoms with Crippen LogP contribution in [0.4, 0.5) is 5.13 Å². The molecule has 1 aromatic heterocycles. The normalized spacial score (nSPS) is 33.6. The van der Waals surface area contributed by atoms with Gasteiger partial charge in [0.25, 0.3) is 0 Å². The predicted octanol–water partition coefficient (Wildman–Crippen LogP) is 4.35. The molecule has 2 amide bonds. The van der Waals surface area contributed by atoms with Crippen LogP contribution in [-0.2, 0) is 9.59 Å². The first kappa shape index (κ1) is 19.4. The average molecular weight is 437 g/mol. The number of carbonyl (C=O) groups excluding carboxylic acids is 2. The maximum atomic E-state index is 13.8. The van der Waals surface area contributed by atoms with Gasteiger partial charge in [0.05, 0.1) is 5.41 Å². The Kier molecular flexibility index (Phi) is 4.63. The van der Waals surface area contributed by atoms with Crippen molar-refractivity contribution in [1.29, 1.82) is 0 Å². The van der Waals surface area contributed by atoms with E-state index in [1.807, 2.05) is 35.2 Å². The molecule has 1 atom stereocenters. The number of benzene rings is 1. The van der Waals surface area contributed by atoms with Crippen molar-refractivity contribution in [2.24, 2.45) is 23.2 Å². The molecule has 7 heteroatoms. The van der Waals surface area contributed by atoms with Crippen molar-refractivity contribution in [2.45, 2.75) is 57.4 Å². The Hall–Kier alpha value is -2.28. The number of aromatic nitrogens is 2. The Bertz CT molecular complexity index is 969. The zero-order chi connectivity index (χ0) is 21.0. The minimum Gasteiger partial charge on any atom is -0.330 e. The van der Waals surface area contributed by atoms with E-state index in [9.17, 15) is 9.59 Å². The summed E-state index contributed by atoms with van der Waals surface area (Å²) in [5.41, 5.74) is 0.792. The maximum absolute atomic E-state index is 13.8. The van der Waals surface area contributed by atoms with Gasteiger partial charge >= 0.3 is 0 Å². The van der Waals surface area contributed by atoms with E-state index in [2.05, 4.69) is 15.5 Å². The summed E-state index contributed by atoms with van der Waals surface area (Å²) >= 11 is 1.37. The summed E-state index contributed by atoms with van der Waals surface area (Å²) in [5.74, 6) is 2.31. The second-order valence-electron chi connectivity index (χ2n) is 10.1. The molecule has 1 unspecified atom stereocenters. The van der Waals surface area contributed by atoms with Crippen molar-refractivity contribution < 1.29 is 9.59 Å². The van der Waals surface area contributed by atoms with Crippen LogP contribution in [0.3, 0.4) is 0 Å². The largest absolute Gasteiger partial charge is 0.330 e. The van der Waals surface area contributed by atoms with Crippen molar-refractivity contribution in [2.75, 3.05) is 11.9 Å². The molecule has 5 aliphatic rings. The van der Waals surface area contributed by atoms with Crippen LogP contribution in [0, 0.1) is 23.2 Å². The molecule has 1 aromatic carbocycles. The molecule has 4 saturated carbocycles. The molecule has 1 aliphatic heterocycles. The summed E-state index contributed by atoms with van der Waals surface area (Å²) < 4.78 is 0. The zero-order valence-electron chi connectivity index (χ0n) is 17.6. The van der Waals surface area contributed by atoms with Gasteiger partial charge in [0, 0.05) is 12.1 Å². The van der Waals surface area contributed by atoms with Crippen LogP contribution in [0.2, 0.25) is 0 Å². The number of carbonyl (C=O) groups is 2. The van der Waals surface area contributed by atoms with Crippen molar-refractivity contribution >= 4 is 28.3 Å². The Morgan fingerprint density at radius 1 is 1.00 bits per heavy atom. The fourth-order valence-electron chi connectivity index (χ4n) is 7.12. The predicted molar refractivity (Wildman–Crippen MR) is 119 cm³/mol. The van der Waals surface area contributed by atoms with Crippen LogP contribution in [0.5, 0.6) is 0 Å². The third kappa shape index (κ3) is 3.37. The minimum atomic E-state index is -0.385. The highest BCUT2D eigenvalue weighted by Gasteiger charge is 2.56. The number of nitrogens with one attached hydrogen (secondary N) is 1. The molecule has 162 valence electrons. The standard InChI is InChI=1S/C24H28N4O2S/c29-20(25-23-27-26-21(31-23)18-5-2-1-3-6-18)19-7-4-8-28(19)22(30)24-12-15-9-16(13-24)11-17(10-15)14-24/h1-3,5-6,15-17,19H,4,7-14H2,(H,25,27,29). The molecule has 4 aliphatic carbocycles. The number of nitrogens with zero attached hydrogens (tertiary/aromatic N) is 3. The fraction of sp³-hybridized carbons (Fsp3) is 0.583. The van der Waals surface area contributed by atoms with E-state index in [-0.39, 0.29) is 23.3 Å². The highest BCUT2D eigenvalue weighted by Crippen LogP contribution is 2.60. The van der Waals surface area contributed by atoms with Crippen LogP contribution in [0.25, 0.3) is 10.6 Å². The fourth-order valence-corrected chi connectivity index (χ4v) is 7.87. The van der Waals surface area contributed by atoms with Gasteiger partial charge in [0.2, 0.25) is 16.9 Å². The van der Waals surface area contributed by atoms with Crippen molar-refractivity contribution in [3.8, 4) is 10.6 Å². The molecule has 1 N–H and O–H groups in total. The lowest BCUT2D eigenvalue weighted by molar-refractivity contribution is -0.160. The molecule has 5 fully saturated rings. The van der Waals surface area contributed by atoms with Gasteiger partial charge < -0.3 is 4.90 Å². The van der Waals surface area contributed by atoms with Gasteiger partial charge in [-0.25, -0.2) is 0 Å². The molecule has 0 spiro atoms. The highest BCUT2D eigenvalue weighted by molar-refractivity contribution is 7.18. The van der Waals surface area contributed by atoms with Crippen molar-refractivity contribution in [1.82, 2.24) is 15.1 Å². The Morgan fingerprint density at radius 3 is 2.35 bits per heavy atom. The topological polar surface area (TPSA) is 75.2 Å². The Labute approximate surface area is 186 Å². The second kappa shape index (κ2) is 7.40. The van der Waals surface area contributed by atoms with Gasteiger partial charge in [-0.05, 0) is 69.1 Å². The van der Waals surface area contributed by atoms with E-state index >= 15 is 0 Å². The van der Waals surface area contributed by atoms with Crippen LogP contribution in [-0.4, -0.2) is 39.5 Å². The summed E-state index contributed by atoms with van der Waals surface area (Å²) in [6.45, 7) is 0.698. The Morgan fingerprint density at radius 2 is 1.68 bits per heavy atom. The van der Waals surface area contributed by atoms with E-state index in [0.29, 0.717) is 11.7 Å². The molecule has 31 heavy (non-hydrogen) atoms. The SMILES string of the molecule is O=C(Nc1nnc(-c2ccccc2)s1)C1CCCN1C(=O)C12CC3CC(CC(C3)C1)C2. The van der Waals surface area contributed by atoms with Gasteiger partial charge in [0.1, 0.15) is 11.0 Å². The summed E-state index contributed by atoms with van der Waals surface area (Å²) in [6.07, 6.45) is 8.69. The van der Waals surface area contributed by atoms with Crippen molar-refractivity contribution in [3.63, 3.8) is 0 Å². The van der Waals surface area contributed by atoms with Gasteiger partial charge in [-0.15, -0.1) is 10.2 Å². The number of hydrogen-bond acceptors (Lipinski definition) is 5. The van der Waals surface area contributed by atoms with Gasteiger partial charge in [-0.3, -0.25) is 14.9 Å². The van der Waals surface area contributed by atoms with E-state index in [0.717, 1.165) is 60.4 Å². The third-order valence-electron chi connectivity index (χ3n) is 7.98. The first-order valence-electron chi connectivity index (χ1n) is 11.6. The average Bonchev–Trinajstić information content (AvgIpc) is 3.43. The minimum absolute atomic E-state index is 0.119. The molecular formula is C24H28N4O2S. The lowest BCUT2D eigenvalue weighted by atomic mass is 9.49. The maximum Gasteiger partial charge on any atom is 0.249 e. The van der Waals surface area contributed by atoms with E-state index in [1.54, 1.807) is 0 Å². The van der Waals surface area contributed by atoms with Crippen LogP contribution in [0.1, 0.15) is 51.4 Å². The summed E-state index contributed by atoms with van der Waals surface area (Å²) in [4.78, 5) is 28.8. The third-order valence-corrected chi connectivity index (χ3v) is 8.87. The van der Waals surface area contributed by atoms with Crippen molar-refractivity contribution in [3.05, 3.63) is 30.3 Å². The lowest BCUT2D eigenvalue weighted by Gasteiger charge is -2.56. The van der Waals surface area contributed by atoms with Crippen LogP contribution >= 0.6 is 11.3 Å². The van der Waals surface area contributed by atoms with E-state index < -0.39 is 0 Å². The summed E-state index contributed by atoms with van der Waals surface area (Å²) in [6, 6.07) is 9.46. The molecule has 2 aromatic rings. The first-order chi connectivity index (χ1) is 15.1. The lowest BCUT2D eigenvalue weighted by Crippen LogP contribution is -2.56. The summed E-state index contributed by atoms with van der Waals surface area (Å²) in [5, 5.41) is 12.6. The van der Waals surface area contributed by atoms with Crippen LogP contribution < -0.4 is 5.32 Å². The number of amides is 2. The monoisotopic (exact) mass is 436 g/mol. The molecular weight excluding hydrogens is 408 g/mol. The molecule has 6 nitrogen and oxygen atoms in total. The Balaban J connectivity index is 1.17. The van der Waals surface area contributed by atoms with Gasteiger partial charge in [-0.2, -0.15) is 0 Å². The molecule has 4 bridgehead atoms. The van der Waals surface area contributed by atoms with Gasteiger partial charge in [0.15, 0.2) is 0 Å². The smallest absolute Gasteiger partial charge is 0.249 e. The first-order valence-corrected chi connectivity index (χ1v) is 12.4. The molecule has 0 radical (unpaired) electrons. The summed E-state index contributed by atoms with van der Waals surface area (Å²) in [7, 11) is 0. The number of likely N-dealkylation sites (tertiary alicyclic amines) is 1. The molecule has 1 saturated heterocycles. The molecule has 2 heterocycles. The number of hydrogen-bond donors (Lipinski definition) is 1.